The molecule has 0 spiro atoms. The summed E-state index contributed by atoms with van der Waals surface area (Å²) in [5.74, 6) is -0.786. The molecule has 0 bridgehead atoms. The van der Waals surface area contributed by atoms with Crippen molar-refractivity contribution in [2.24, 2.45) is 0 Å². The van der Waals surface area contributed by atoms with Gasteiger partial charge in [0.05, 0.1) is 0 Å². The van der Waals surface area contributed by atoms with E-state index in [4.69, 9.17) is 0 Å². The number of hydrogen-bond donors (Lipinski definition) is 2. The maximum atomic E-state index is 12.5. The molecular formula is C15H23N3O3. The molecule has 0 radical (unpaired) electrons. The molecule has 1 aliphatic carbocycles. The van der Waals surface area contributed by atoms with Crippen LogP contribution in [-0.4, -0.2) is 26.2 Å². The number of rotatable bonds is 3. The van der Waals surface area contributed by atoms with Gasteiger partial charge in [-0.1, -0.05) is 19.3 Å². The lowest BCUT2D eigenvalue weighted by atomic mass is 9.81. The summed E-state index contributed by atoms with van der Waals surface area (Å²) < 4.78 is 1.57. The Kier molecular flexibility index (Phi) is 4.07. The van der Waals surface area contributed by atoms with E-state index in [9.17, 15) is 14.7 Å². The van der Waals surface area contributed by atoms with E-state index in [2.05, 4.69) is 10.3 Å². The molecule has 6 heteroatoms. The zero-order valence-electron chi connectivity index (χ0n) is 12.8. The smallest absolute Gasteiger partial charge is 0.329 e. The molecule has 1 aromatic heterocycles. The zero-order chi connectivity index (χ0) is 15.7. The van der Waals surface area contributed by atoms with E-state index in [-0.39, 0.29) is 16.9 Å². The number of carboxylic acid groups (broad SMARTS) is 1. The third-order valence-corrected chi connectivity index (χ3v) is 4.04. The van der Waals surface area contributed by atoms with Gasteiger partial charge in [0.15, 0.2) is 5.82 Å². The largest absolute Gasteiger partial charge is 0.480 e. The van der Waals surface area contributed by atoms with Gasteiger partial charge in [0.1, 0.15) is 5.54 Å². The number of nitrogens with zero attached hydrogens (tertiary/aromatic N) is 2. The predicted octanol–water partition coefficient (Wildman–Crippen LogP) is 2.20. The van der Waals surface area contributed by atoms with Crippen LogP contribution < -0.4 is 10.9 Å². The number of anilines is 1. The lowest BCUT2D eigenvalue weighted by Gasteiger charge is -2.34. The number of aromatic nitrogens is 2. The molecule has 116 valence electrons. The van der Waals surface area contributed by atoms with Crippen LogP contribution in [0.2, 0.25) is 0 Å². The van der Waals surface area contributed by atoms with Crippen LogP contribution in [-0.2, 0) is 10.3 Å². The van der Waals surface area contributed by atoms with E-state index in [0.29, 0.717) is 12.8 Å². The van der Waals surface area contributed by atoms with Crippen molar-refractivity contribution in [3.8, 4) is 0 Å². The van der Waals surface area contributed by atoms with Crippen LogP contribution in [0.1, 0.15) is 52.9 Å². The minimum Gasteiger partial charge on any atom is -0.480 e. The van der Waals surface area contributed by atoms with Crippen molar-refractivity contribution in [2.75, 3.05) is 5.32 Å². The second kappa shape index (κ2) is 5.50. The molecule has 1 saturated carbocycles. The SMILES string of the molecule is CC(C)(C)n1ccnc(NC2(C(=O)O)CCCCC2)c1=O. The van der Waals surface area contributed by atoms with Gasteiger partial charge in [0.25, 0.3) is 5.56 Å². The number of carboxylic acids is 1. The van der Waals surface area contributed by atoms with Crippen LogP contribution in [0.15, 0.2) is 17.2 Å². The fourth-order valence-electron chi connectivity index (χ4n) is 2.80. The van der Waals surface area contributed by atoms with Gasteiger partial charge in [-0.25, -0.2) is 9.78 Å². The fraction of sp³-hybridized carbons (Fsp3) is 0.667. The number of nitrogens with one attached hydrogen (secondary N) is 1. The molecule has 2 N–H and O–H groups in total. The number of carbonyl (C=O) groups is 1. The van der Waals surface area contributed by atoms with Crippen molar-refractivity contribution in [1.29, 1.82) is 0 Å². The topological polar surface area (TPSA) is 84.2 Å². The molecule has 0 atom stereocenters. The first-order valence-electron chi connectivity index (χ1n) is 7.36. The van der Waals surface area contributed by atoms with Gasteiger partial charge < -0.3 is 15.0 Å². The highest BCUT2D eigenvalue weighted by Gasteiger charge is 2.40. The molecular weight excluding hydrogens is 270 g/mol. The Morgan fingerprint density at radius 2 is 1.95 bits per heavy atom. The van der Waals surface area contributed by atoms with E-state index >= 15 is 0 Å². The minimum absolute atomic E-state index is 0.122. The standard InChI is InChI=1S/C15H23N3O3/c1-14(2,3)18-10-9-16-11(12(18)19)17-15(13(20)21)7-5-4-6-8-15/h9-10H,4-8H2,1-3H3,(H,16,17)(H,20,21). The lowest BCUT2D eigenvalue weighted by molar-refractivity contribution is -0.143. The first-order chi connectivity index (χ1) is 9.76. The quantitative estimate of drug-likeness (QED) is 0.892. The number of aliphatic carboxylic acids is 1. The Morgan fingerprint density at radius 1 is 1.33 bits per heavy atom. The van der Waals surface area contributed by atoms with Gasteiger partial charge in [0, 0.05) is 17.9 Å². The molecule has 21 heavy (non-hydrogen) atoms. The summed E-state index contributed by atoms with van der Waals surface area (Å²) >= 11 is 0. The molecule has 0 aliphatic heterocycles. The van der Waals surface area contributed by atoms with E-state index in [1.54, 1.807) is 10.8 Å². The summed E-state index contributed by atoms with van der Waals surface area (Å²) in [7, 11) is 0. The van der Waals surface area contributed by atoms with E-state index in [1.165, 1.54) is 6.20 Å². The maximum Gasteiger partial charge on any atom is 0.329 e. The van der Waals surface area contributed by atoms with Crippen molar-refractivity contribution in [3.05, 3.63) is 22.7 Å². The summed E-state index contributed by atoms with van der Waals surface area (Å²) in [4.78, 5) is 28.2. The molecule has 0 unspecified atom stereocenters. The van der Waals surface area contributed by atoms with Crippen molar-refractivity contribution in [2.45, 2.75) is 64.0 Å². The molecule has 6 nitrogen and oxygen atoms in total. The van der Waals surface area contributed by atoms with Gasteiger partial charge in [-0.05, 0) is 33.6 Å². The summed E-state index contributed by atoms with van der Waals surface area (Å²) in [5, 5.41) is 12.5. The van der Waals surface area contributed by atoms with Crippen LogP contribution in [0, 0.1) is 0 Å². The Bertz CT molecular complexity index is 581. The normalized spacial score (nSPS) is 18.2. The van der Waals surface area contributed by atoms with Crippen molar-refractivity contribution < 1.29 is 9.90 Å². The van der Waals surface area contributed by atoms with E-state index < -0.39 is 11.5 Å². The second-order valence-electron chi connectivity index (χ2n) is 6.69. The molecule has 1 heterocycles. The molecule has 1 aliphatic rings. The third kappa shape index (κ3) is 3.09. The molecule has 0 saturated heterocycles. The highest BCUT2D eigenvalue weighted by molar-refractivity contribution is 5.82. The summed E-state index contributed by atoms with van der Waals surface area (Å²) in [6.07, 6.45) is 6.93. The van der Waals surface area contributed by atoms with Crippen molar-refractivity contribution in [3.63, 3.8) is 0 Å². The summed E-state index contributed by atoms with van der Waals surface area (Å²) in [6, 6.07) is 0. The van der Waals surface area contributed by atoms with Crippen LogP contribution >= 0.6 is 0 Å². The lowest BCUT2D eigenvalue weighted by Crippen LogP contribution is -2.50. The van der Waals surface area contributed by atoms with Gasteiger partial charge in [-0.15, -0.1) is 0 Å². The monoisotopic (exact) mass is 293 g/mol. The van der Waals surface area contributed by atoms with E-state index in [0.717, 1.165) is 19.3 Å². The van der Waals surface area contributed by atoms with Crippen LogP contribution in [0.25, 0.3) is 0 Å². The predicted molar refractivity (Wildman–Crippen MR) is 80.6 cm³/mol. The second-order valence-corrected chi connectivity index (χ2v) is 6.69. The minimum atomic E-state index is -1.07. The van der Waals surface area contributed by atoms with Crippen LogP contribution in [0.5, 0.6) is 0 Å². The first-order valence-corrected chi connectivity index (χ1v) is 7.36. The van der Waals surface area contributed by atoms with Gasteiger partial charge in [-0.3, -0.25) is 4.79 Å². The average molecular weight is 293 g/mol. The Hall–Kier alpha value is -1.85. The maximum absolute atomic E-state index is 12.5. The Morgan fingerprint density at radius 3 is 2.48 bits per heavy atom. The Labute approximate surface area is 124 Å². The average Bonchev–Trinajstić information content (AvgIpc) is 2.41. The molecule has 0 amide bonds. The van der Waals surface area contributed by atoms with Crippen molar-refractivity contribution in [1.82, 2.24) is 9.55 Å². The zero-order valence-corrected chi connectivity index (χ0v) is 12.8. The Balaban J connectivity index is 2.39. The number of hydrogen-bond acceptors (Lipinski definition) is 4. The van der Waals surface area contributed by atoms with Gasteiger partial charge >= 0.3 is 5.97 Å². The molecule has 1 aromatic rings. The van der Waals surface area contributed by atoms with Gasteiger partial charge in [0.2, 0.25) is 0 Å². The highest BCUT2D eigenvalue weighted by Crippen LogP contribution is 2.31. The van der Waals surface area contributed by atoms with Crippen molar-refractivity contribution >= 4 is 11.8 Å². The van der Waals surface area contributed by atoms with Crippen LogP contribution in [0.3, 0.4) is 0 Å². The van der Waals surface area contributed by atoms with E-state index in [1.807, 2.05) is 20.8 Å². The van der Waals surface area contributed by atoms with Gasteiger partial charge in [-0.2, -0.15) is 0 Å². The fourth-order valence-corrected chi connectivity index (χ4v) is 2.80. The molecule has 1 fully saturated rings. The molecule has 0 aromatic carbocycles. The summed E-state index contributed by atoms with van der Waals surface area (Å²) in [6.45, 7) is 5.77. The summed E-state index contributed by atoms with van der Waals surface area (Å²) in [5.41, 5.74) is -1.72. The highest BCUT2D eigenvalue weighted by atomic mass is 16.4. The third-order valence-electron chi connectivity index (χ3n) is 4.04. The first kappa shape index (κ1) is 15.5. The molecule has 2 rings (SSSR count). The van der Waals surface area contributed by atoms with Crippen LogP contribution in [0.4, 0.5) is 5.82 Å².